The fourth-order valence-electron chi connectivity index (χ4n) is 2.17. The second-order valence-corrected chi connectivity index (χ2v) is 5.67. The zero-order chi connectivity index (χ0) is 13.9. The number of thiophene rings is 1. The maximum absolute atomic E-state index is 6.36. The standard InChI is InChI=1S/C16H16N2OS/c1-2-19-13-7-12(9-18-10-13)16(17)15-8-11-5-3-4-6-14(11)20-15/h3-10,16H,2,17H2,1H3. The van der Waals surface area contributed by atoms with Crippen LogP contribution in [0.4, 0.5) is 0 Å². The number of benzene rings is 1. The number of nitrogens with zero attached hydrogens (tertiary/aromatic N) is 1. The normalized spacial score (nSPS) is 12.5. The van der Waals surface area contributed by atoms with E-state index in [1.807, 2.05) is 25.1 Å². The van der Waals surface area contributed by atoms with Gasteiger partial charge in [0.2, 0.25) is 0 Å². The Balaban J connectivity index is 1.94. The van der Waals surface area contributed by atoms with Crippen molar-refractivity contribution in [1.82, 2.24) is 4.98 Å². The van der Waals surface area contributed by atoms with E-state index in [0.717, 1.165) is 16.2 Å². The lowest BCUT2D eigenvalue weighted by Gasteiger charge is -2.11. The van der Waals surface area contributed by atoms with Gasteiger partial charge in [-0.15, -0.1) is 11.3 Å². The molecule has 3 nitrogen and oxygen atoms in total. The Kier molecular flexibility index (Phi) is 3.67. The van der Waals surface area contributed by atoms with Crippen LogP contribution in [0.5, 0.6) is 5.75 Å². The summed E-state index contributed by atoms with van der Waals surface area (Å²) in [5.41, 5.74) is 7.33. The Morgan fingerprint density at radius 1 is 1.25 bits per heavy atom. The molecule has 102 valence electrons. The van der Waals surface area contributed by atoms with E-state index in [4.69, 9.17) is 10.5 Å². The molecule has 0 spiro atoms. The molecule has 2 aromatic heterocycles. The maximum atomic E-state index is 6.36. The first-order chi connectivity index (χ1) is 9.78. The summed E-state index contributed by atoms with van der Waals surface area (Å²) >= 11 is 1.73. The van der Waals surface area contributed by atoms with Gasteiger partial charge >= 0.3 is 0 Å². The molecule has 0 saturated carbocycles. The Labute approximate surface area is 122 Å². The van der Waals surface area contributed by atoms with Crippen molar-refractivity contribution < 1.29 is 4.74 Å². The molecule has 0 saturated heterocycles. The lowest BCUT2D eigenvalue weighted by Crippen LogP contribution is -2.10. The predicted molar refractivity (Wildman–Crippen MR) is 83.3 cm³/mol. The van der Waals surface area contributed by atoms with Crippen LogP contribution in [0.2, 0.25) is 0 Å². The Hall–Kier alpha value is -1.91. The summed E-state index contributed by atoms with van der Waals surface area (Å²) in [7, 11) is 0. The van der Waals surface area contributed by atoms with Crippen molar-refractivity contribution >= 4 is 21.4 Å². The number of hydrogen-bond donors (Lipinski definition) is 1. The first-order valence-electron chi connectivity index (χ1n) is 6.59. The third-order valence-corrected chi connectivity index (χ3v) is 4.35. The van der Waals surface area contributed by atoms with Crippen molar-refractivity contribution in [3.05, 3.63) is 59.2 Å². The number of fused-ring (bicyclic) bond motifs is 1. The van der Waals surface area contributed by atoms with Crippen LogP contribution in [0.1, 0.15) is 23.4 Å². The number of nitrogens with two attached hydrogens (primary N) is 1. The van der Waals surface area contributed by atoms with E-state index in [1.165, 1.54) is 10.1 Å². The minimum atomic E-state index is -0.166. The van der Waals surface area contributed by atoms with Crippen molar-refractivity contribution in [2.75, 3.05) is 6.61 Å². The molecule has 20 heavy (non-hydrogen) atoms. The highest BCUT2D eigenvalue weighted by Crippen LogP contribution is 2.32. The van der Waals surface area contributed by atoms with Crippen molar-refractivity contribution in [3.8, 4) is 5.75 Å². The van der Waals surface area contributed by atoms with Crippen LogP contribution in [-0.4, -0.2) is 11.6 Å². The highest BCUT2D eigenvalue weighted by atomic mass is 32.1. The van der Waals surface area contributed by atoms with E-state index in [2.05, 4.69) is 23.2 Å². The molecule has 3 rings (SSSR count). The molecule has 1 aromatic carbocycles. The van der Waals surface area contributed by atoms with Crippen LogP contribution in [0.25, 0.3) is 10.1 Å². The third kappa shape index (κ3) is 2.53. The number of aromatic nitrogens is 1. The molecule has 4 heteroatoms. The van der Waals surface area contributed by atoms with Gasteiger partial charge in [-0.2, -0.15) is 0 Å². The minimum absolute atomic E-state index is 0.166. The summed E-state index contributed by atoms with van der Waals surface area (Å²) in [6.45, 7) is 2.59. The monoisotopic (exact) mass is 284 g/mol. The van der Waals surface area contributed by atoms with E-state index < -0.39 is 0 Å². The van der Waals surface area contributed by atoms with Gasteiger partial charge in [0, 0.05) is 15.8 Å². The summed E-state index contributed by atoms with van der Waals surface area (Å²) in [6.07, 6.45) is 3.52. The van der Waals surface area contributed by atoms with Gasteiger partial charge in [0.05, 0.1) is 18.8 Å². The van der Waals surface area contributed by atoms with Crippen molar-refractivity contribution in [2.24, 2.45) is 5.73 Å². The lowest BCUT2D eigenvalue weighted by atomic mass is 10.1. The molecule has 0 aliphatic rings. The zero-order valence-corrected chi connectivity index (χ0v) is 12.1. The summed E-state index contributed by atoms with van der Waals surface area (Å²) in [6, 6.07) is 12.3. The Morgan fingerprint density at radius 3 is 2.90 bits per heavy atom. The molecule has 2 heterocycles. The summed E-state index contributed by atoms with van der Waals surface area (Å²) in [5, 5.41) is 1.23. The van der Waals surface area contributed by atoms with Crippen molar-refractivity contribution in [3.63, 3.8) is 0 Å². The summed E-state index contributed by atoms with van der Waals surface area (Å²) < 4.78 is 6.73. The topological polar surface area (TPSA) is 48.1 Å². The highest BCUT2D eigenvalue weighted by Gasteiger charge is 2.13. The first kappa shape index (κ1) is 13.1. The zero-order valence-electron chi connectivity index (χ0n) is 11.2. The van der Waals surface area contributed by atoms with Crippen LogP contribution < -0.4 is 10.5 Å². The molecule has 0 fully saturated rings. The van der Waals surface area contributed by atoms with Crippen molar-refractivity contribution in [1.29, 1.82) is 0 Å². The SMILES string of the molecule is CCOc1cncc(C(N)c2cc3ccccc3s2)c1. The van der Waals surface area contributed by atoms with Crippen LogP contribution in [0.3, 0.4) is 0 Å². The van der Waals surface area contributed by atoms with E-state index in [0.29, 0.717) is 6.61 Å². The van der Waals surface area contributed by atoms with Crippen molar-refractivity contribution in [2.45, 2.75) is 13.0 Å². The fourth-order valence-corrected chi connectivity index (χ4v) is 3.27. The predicted octanol–water partition coefficient (Wildman–Crippen LogP) is 3.74. The molecule has 0 aliphatic carbocycles. The molecule has 1 atom stereocenters. The van der Waals surface area contributed by atoms with E-state index >= 15 is 0 Å². The molecule has 3 aromatic rings. The van der Waals surface area contributed by atoms with Crippen LogP contribution in [0, 0.1) is 0 Å². The molecule has 0 aliphatic heterocycles. The highest BCUT2D eigenvalue weighted by molar-refractivity contribution is 7.19. The van der Waals surface area contributed by atoms with Crippen LogP contribution in [0.15, 0.2) is 48.8 Å². The van der Waals surface area contributed by atoms with Gasteiger partial charge in [-0.25, -0.2) is 0 Å². The van der Waals surface area contributed by atoms with Gasteiger partial charge in [-0.1, -0.05) is 18.2 Å². The smallest absolute Gasteiger partial charge is 0.137 e. The second-order valence-electron chi connectivity index (χ2n) is 4.55. The average molecular weight is 284 g/mol. The van der Waals surface area contributed by atoms with E-state index in [-0.39, 0.29) is 6.04 Å². The average Bonchev–Trinajstić information content (AvgIpc) is 2.91. The number of pyridine rings is 1. The van der Waals surface area contributed by atoms with Gasteiger partial charge in [0.15, 0.2) is 0 Å². The summed E-state index contributed by atoms with van der Waals surface area (Å²) in [4.78, 5) is 5.34. The third-order valence-electron chi connectivity index (χ3n) is 3.16. The van der Waals surface area contributed by atoms with Gasteiger partial charge in [-0.3, -0.25) is 4.98 Å². The molecular weight excluding hydrogens is 268 g/mol. The molecular formula is C16H16N2OS. The molecule has 0 radical (unpaired) electrons. The van der Waals surface area contributed by atoms with E-state index in [9.17, 15) is 0 Å². The lowest BCUT2D eigenvalue weighted by molar-refractivity contribution is 0.338. The largest absolute Gasteiger partial charge is 0.492 e. The van der Waals surface area contributed by atoms with Gasteiger partial charge in [0.25, 0.3) is 0 Å². The molecule has 0 amide bonds. The number of rotatable bonds is 4. The maximum Gasteiger partial charge on any atom is 0.137 e. The number of hydrogen-bond acceptors (Lipinski definition) is 4. The minimum Gasteiger partial charge on any atom is -0.492 e. The number of ether oxygens (including phenoxy) is 1. The Morgan fingerprint density at radius 2 is 2.10 bits per heavy atom. The molecule has 2 N–H and O–H groups in total. The first-order valence-corrected chi connectivity index (χ1v) is 7.41. The van der Waals surface area contributed by atoms with Crippen LogP contribution in [-0.2, 0) is 0 Å². The molecule has 0 bridgehead atoms. The van der Waals surface area contributed by atoms with E-state index in [1.54, 1.807) is 23.7 Å². The quantitative estimate of drug-likeness (QED) is 0.794. The van der Waals surface area contributed by atoms with Crippen LogP contribution >= 0.6 is 11.3 Å². The summed E-state index contributed by atoms with van der Waals surface area (Å²) in [5.74, 6) is 0.765. The van der Waals surface area contributed by atoms with Gasteiger partial charge in [0.1, 0.15) is 5.75 Å². The fraction of sp³-hybridized carbons (Fsp3) is 0.188. The van der Waals surface area contributed by atoms with Gasteiger partial charge < -0.3 is 10.5 Å². The Bertz CT molecular complexity index is 690. The molecule has 1 unspecified atom stereocenters. The second kappa shape index (κ2) is 5.61. The van der Waals surface area contributed by atoms with Gasteiger partial charge in [-0.05, 0) is 36.1 Å².